The third-order valence-corrected chi connectivity index (χ3v) is 4.44. The lowest BCUT2D eigenvalue weighted by molar-refractivity contribution is 0.0954. The van der Waals surface area contributed by atoms with Crippen molar-refractivity contribution < 1.29 is 24.1 Å². The Kier molecular flexibility index (Phi) is 7.70. The Balaban J connectivity index is 2.15. The molecule has 0 aliphatic heterocycles. The van der Waals surface area contributed by atoms with E-state index in [-0.39, 0.29) is 11.3 Å². The molecular formula is C21H27N3O5. The smallest absolute Gasteiger partial charge is 0.271 e. The summed E-state index contributed by atoms with van der Waals surface area (Å²) in [7, 11) is 4.44. The van der Waals surface area contributed by atoms with Crippen molar-refractivity contribution in [3.63, 3.8) is 0 Å². The Morgan fingerprint density at radius 3 is 2.17 bits per heavy atom. The summed E-state index contributed by atoms with van der Waals surface area (Å²) < 4.78 is 15.7. The van der Waals surface area contributed by atoms with Crippen LogP contribution in [0.1, 0.15) is 29.8 Å². The Morgan fingerprint density at radius 2 is 1.69 bits per heavy atom. The molecule has 0 heterocycles. The second-order valence-electron chi connectivity index (χ2n) is 6.03. The van der Waals surface area contributed by atoms with Gasteiger partial charge in [0.05, 0.1) is 27.5 Å². The lowest BCUT2D eigenvalue weighted by atomic mass is 10.1. The largest absolute Gasteiger partial charge is 0.507 e. The fourth-order valence-electron chi connectivity index (χ4n) is 2.86. The first kappa shape index (κ1) is 21.9. The van der Waals surface area contributed by atoms with E-state index in [0.29, 0.717) is 22.8 Å². The fourth-order valence-corrected chi connectivity index (χ4v) is 2.86. The van der Waals surface area contributed by atoms with Gasteiger partial charge in [0.1, 0.15) is 5.75 Å². The summed E-state index contributed by atoms with van der Waals surface area (Å²) in [6, 6.07) is 8.38. The van der Waals surface area contributed by atoms with Gasteiger partial charge in [0.25, 0.3) is 5.91 Å². The molecule has 0 radical (unpaired) electrons. The number of nitrogens with one attached hydrogen (secondary N) is 1. The van der Waals surface area contributed by atoms with Crippen LogP contribution in [0.2, 0.25) is 0 Å². The van der Waals surface area contributed by atoms with Crippen LogP contribution in [-0.2, 0) is 0 Å². The zero-order valence-corrected chi connectivity index (χ0v) is 17.4. The first-order valence-corrected chi connectivity index (χ1v) is 9.20. The molecule has 0 saturated heterocycles. The summed E-state index contributed by atoms with van der Waals surface area (Å²) >= 11 is 0. The maximum Gasteiger partial charge on any atom is 0.271 e. The normalized spacial score (nSPS) is 10.7. The summed E-state index contributed by atoms with van der Waals surface area (Å²) in [6.07, 6.45) is 1.39. The molecule has 0 aliphatic rings. The molecule has 8 nitrogen and oxygen atoms in total. The number of nitrogens with zero attached hydrogens (tertiary/aromatic N) is 2. The summed E-state index contributed by atoms with van der Waals surface area (Å²) in [5.74, 6) is 0.754. The zero-order valence-electron chi connectivity index (χ0n) is 17.4. The van der Waals surface area contributed by atoms with Gasteiger partial charge in [-0.2, -0.15) is 5.10 Å². The van der Waals surface area contributed by atoms with Gasteiger partial charge in [-0.15, -0.1) is 0 Å². The number of rotatable bonds is 9. The summed E-state index contributed by atoms with van der Waals surface area (Å²) in [5, 5.41) is 14.2. The van der Waals surface area contributed by atoms with Gasteiger partial charge in [-0.1, -0.05) is 0 Å². The average Bonchev–Trinajstić information content (AvgIpc) is 2.74. The number of ether oxygens (including phenoxy) is 3. The molecule has 2 aromatic carbocycles. The van der Waals surface area contributed by atoms with Gasteiger partial charge in [-0.3, -0.25) is 4.79 Å². The maximum atomic E-state index is 12.4. The first-order chi connectivity index (χ1) is 14.0. The van der Waals surface area contributed by atoms with Crippen LogP contribution in [0.25, 0.3) is 0 Å². The molecule has 0 aromatic heterocycles. The molecule has 29 heavy (non-hydrogen) atoms. The van der Waals surface area contributed by atoms with E-state index in [2.05, 4.69) is 29.3 Å². The number of aromatic hydroxyl groups is 1. The number of phenolic OH excluding ortho intramolecular Hbond substituents is 1. The summed E-state index contributed by atoms with van der Waals surface area (Å²) in [4.78, 5) is 14.5. The molecule has 0 unspecified atom stereocenters. The minimum atomic E-state index is -0.459. The molecule has 0 saturated carbocycles. The van der Waals surface area contributed by atoms with Crippen LogP contribution in [0.5, 0.6) is 23.0 Å². The lowest BCUT2D eigenvalue weighted by Gasteiger charge is -2.21. The summed E-state index contributed by atoms with van der Waals surface area (Å²) in [5.41, 5.74) is 4.14. The molecule has 1 amide bonds. The van der Waals surface area contributed by atoms with Crippen LogP contribution in [0.15, 0.2) is 35.4 Å². The quantitative estimate of drug-likeness (QED) is 0.496. The second kappa shape index (κ2) is 10.2. The molecule has 0 spiro atoms. The number of hydrogen-bond donors (Lipinski definition) is 2. The highest BCUT2D eigenvalue weighted by molar-refractivity contribution is 5.96. The van der Waals surface area contributed by atoms with Crippen molar-refractivity contribution in [1.82, 2.24) is 5.43 Å². The van der Waals surface area contributed by atoms with Crippen molar-refractivity contribution >= 4 is 17.8 Å². The van der Waals surface area contributed by atoms with Crippen LogP contribution in [-0.4, -0.2) is 51.6 Å². The second-order valence-corrected chi connectivity index (χ2v) is 6.03. The molecular weight excluding hydrogens is 374 g/mol. The Labute approximate surface area is 170 Å². The van der Waals surface area contributed by atoms with Gasteiger partial charge in [0, 0.05) is 36.0 Å². The predicted molar refractivity (Wildman–Crippen MR) is 113 cm³/mol. The van der Waals surface area contributed by atoms with Crippen molar-refractivity contribution in [1.29, 1.82) is 0 Å². The zero-order chi connectivity index (χ0) is 21.4. The van der Waals surface area contributed by atoms with Gasteiger partial charge in [0.2, 0.25) is 5.75 Å². The highest BCUT2D eigenvalue weighted by Gasteiger charge is 2.16. The number of amides is 1. The Morgan fingerprint density at radius 1 is 1.07 bits per heavy atom. The molecule has 0 bridgehead atoms. The van der Waals surface area contributed by atoms with Crippen LogP contribution < -0.4 is 24.5 Å². The lowest BCUT2D eigenvalue weighted by Crippen LogP contribution is -2.21. The number of anilines is 1. The average molecular weight is 401 g/mol. The molecule has 0 atom stereocenters. The SMILES string of the molecule is CCN(CC)c1ccc(/C=N/NC(=O)c2cc(OC)c(OC)c(OC)c2)c(O)c1. The van der Waals surface area contributed by atoms with Gasteiger partial charge in [-0.05, 0) is 38.1 Å². The first-order valence-electron chi connectivity index (χ1n) is 9.20. The van der Waals surface area contributed by atoms with E-state index >= 15 is 0 Å². The maximum absolute atomic E-state index is 12.4. The molecule has 2 aromatic rings. The monoisotopic (exact) mass is 401 g/mol. The number of hydrazone groups is 1. The third-order valence-electron chi connectivity index (χ3n) is 4.44. The van der Waals surface area contributed by atoms with Gasteiger partial charge in [0.15, 0.2) is 11.5 Å². The Bertz CT molecular complexity index is 854. The van der Waals surface area contributed by atoms with Crippen LogP contribution in [0.4, 0.5) is 5.69 Å². The number of methoxy groups -OCH3 is 3. The standard InChI is InChI=1S/C21H27N3O5/c1-6-24(7-2)16-9-8-14(17(25)12-16)13-22-23-21(26)15-10-18(27-3)20(29-5)19(11-15)28-4/h8-13,25H,6-7H2,1-5H3,(H,23,26)/b22-13+. The molecule has 156 valence electrons. The van der Waals surface area contributed by atoms with Crippen molar-refractivity contribution in [2.75, 3.05) is 39.3 Å². The molecule has 2 rings (SSSR count). The van der Waals surface area contributed by atoms with E-state index in [0.717, 1.165) is 18.8 Å². The van der Waals surface area contributed by atoms with Crippen molar-refractivity contribution in [3.8, 4) is 23.0 Å². The highest BCUT2D eigenvalue weighted by atomic mass is 16.5. The van der Waals surface area contributed by atoms with Gasteiger partial charge < -0.3 is 24.2 Å². The van der Waals surface area contributed by atoms with E-state index in [9.17, 15) is 9.90 Å². The predicted octanol–water partition coefficient (Wildman–Crippen LogP) is 3.03. The molecule has 0 aliphatic carbocycles. The number of phenols is 1. The van der Waals surface area contributed by atoms with Gasteiger partial charge >= 0.3 is 0 Å². The van der Waals surface area contributed by atoms with E-state index in [1.54, 1.807) is 12.1 Å². The van der Waals surface area contributed by atoms with E-state index in [1.165, 1.54) is 39.7 Å². The van der Waals surface area contributed by atoms with E-state index < -0.39 is 5.91 Å². The van der Waals surface area contributed by atoms with Crippen LogP contribution >= 0.6 is 0 Å². The van der Waals surface area contributed by atoms with E-state index in [1.807, 2.05) is 6.07 Å². The molecule has 2 N–H and O–H groups in total. The number of carbonyl (C=O) groups is 1. The van der Waals surface area contributed by atoms with Gasteiger partial charge in [-0.25, -0.2) is 5.43 Å². The summed E-state index contributed by atoms with van der Waals surface area (Å²) in [6.45, 7) is 5.78. The van der Waals surface area contributed by atoms with Crippen LogP contribution in [0, 0.1) is 0 Å². The number of benzene rings is 2. The Hall–Kier alpha value is -3.42. The molecule has 0 fully saturated rings. The number of carbonyl (C=O) groups excluding carboxylic acids is 1. The fraction of sp³-hybridized carbons (Fsp3) is 0.333. The minimum absolute atomic E-state index is 0.0835. The molecule has 8 heteroatoms. The van der Waals surface area contributed by atoms with Crippen LogP contribution in [0.3, 0.4) is 0 Å². The van der Waals surface area contributed by atoms with Crippen molar-refractivity contribution in [3.05, 3.63) is 41.5 Å². The minimum Gasteiger partial charge on any atom is -0.507 e. The number of hydrogen-bond acceptors (Lipinski definition) is 7. The van der Waals surface area contributed by atoms with Crippen molar-refractivity contribution in [2.45, 2.75) is 13.8 Å². The topological polar surface area (TPSA) is 92.6 Å². The van der Waals surface area contributed by atoms with E-state index in [4.69, 9.17) is 14.2 Å². The third kappa shape index (κ3) is 5.10. The van der Waals surface area contributed by atoms with Crippen molar-refractivity contribution in [2.24, 2.45) is 5.10 Å². The highest BCUT2D eigenvalue weighted by Crippen LogP contribution is 2.38.